The van der Waals surface area contributed by atoms with Crippen LogP contribution in [0, 0.1) is 0 Å². The number of carbonyl (C=O) groups excluding carboxylic acids is 2. The smallest absolute Gasteiger partial charge is 0.330 e. The Hall–Kier alpha value is -2.28. The zero-order valence-corrected chi connectivity index (χ0v) is 17.0. The van der Waals surface area contributed by atoms with Gasteiger partial charge in [-0.2, -0.15) is 0 Å². The summed E-state index contributed by atoms with van der Waals surface area (Å²) < 4.78 is 4.85. The van der Waals surface area contributed by atoms with E-state index < -0.39 is 5.97 Å². The molecule has 3 rings (SSSR count). The number of hydrogen-bond acceptors (Lipinski definition) is 5. The van der Waals surface area contributed by atoms with Crippen molar-refractivity contribution in [3.05, 3.63) is 28.9 Å². The van der Waals surface area contributed by atoms with Crippen LogP contribution >= 0.6 is 11.6 Å². The minimum atomic E-state index is -0.398. The monoisotopic (exact) mass is 406 g/mol. The highest BCUT2D eigenvalue weighted by Crippen LogP contribution is 2.24. The quantitative estimate of drug-likeness (QED) is 0.599. The van der Waals surface area contributed by atoms with E-state index in [4.69, 9.17) is 16.3 Å². The summed E-state index contributed by atoms with van der Waals surface area (Å²) in [5.41, 5.74) is 0.719. The minimum Gasteiger partial charge on any atom is -0.463 e. The molecular weight excluding hydrogens is 380 g/mol. The van der Waals surface area contributed by atoms with E-state index in [1.165, 1.54) is 12.5 Å². The fourth-order valence-corrected chi connectivity index (χ4v) is 3.76. The number of nitrogens with one attached hydrogen (secondary N) is 1. The molecule has 7 nitrogen and oxygen atoms in total. The van der Waals surface area contributed by atoms with Crippen LogP contribution in [0.2, 0.25) is 5.02 Å². The van der Waals surface area contributed by atoms with E-state index in [-0.39, 0.29) is 12.1 Å². The van der Waals surface area contributed by atoms with Gasteiger partial charge in [-0.15, -0.1) is 0 Å². The third-order valence-corrected chi connectivity index (χ3v) is 5.28. The maximum absolute atomic E-state index is 12.6. The number of likely N-dealkylation sites (tertiary alicyclic amines) is 2. The van der Waals surface area contributed by atoms with Crippen molar-refractivity contribution in [3.8, 4) is 0 Å². The number of rotatable bonds is 5. The van der Waals surface area contributed by atoms with Crippen LogP contribution in [-0.2, 0) is 9.53 Å². The number of hydrogen-bond donors (Lipinski definition) is 1. The molecule has 1 atom stereocenters. The summed E-state index contributed by atoms with van der Waals surface area (Å²) in [6, 6.07) is 2.01. The molecule has 0 saturated carbocycles. The standard InChI is InChI=1S/C20H27ClN4O3/c1-2-28-18(26)7-6-15-12-17(21)19(22-13-15)23-16-8-11-25(14-16)20(27)24-9-4-3-5-10-24/h6-7,12-13,16H,2-5,8-11,14H2,1H3,(H,22,23)/b7-6+/t16-/m1/s1. The van der Waals surface area contributed by atoms with Crippen molar-refractivity contribution < 1.29 is 14.3 Å². The third kappa shape index (κ3) is 5.38. The average molecular weight is 407 g/mol. The van der Waals surface area contributed by atoms with Crippen LogP contribution in [0.3, 0.4) is 0 Å². The molecule has 1 aromatic rings. The van der Waals surface area contributed by atoms with Gasteiger partial charge in [-0.25, -0.2) is 14.6 Å². The van der Waals surface area contributed by atoms with Crippen molar-refractivity contribution >= 4 is 35.5 Å². The van der Waals surface area contributed by atoms with Crippen molar-refractivity contribution in [2.24, 2.45) is 0 Å². The summed E-state index contributed by atoms with van der Waals surface area (Å²) >= 11 is 6.34. The van der Waals surface area contributed by atoms with Gasteiger partial charge in [0, 0.05) is 44.5 Å². The van der Waals surface area contributed by atoms with E-state index in [0.717, 1.165) is 44.5 Å². The zero-order chi connectivity index (χ0) is 19.9. The van der Waals surface area contributed by atoms with E-state index in [0.29, 0.717) is 24.0 Å². The van der Waals surface area contributed by atoms with Gasteiger partial charge in [0.1, 0.15) is 5.82 Å². The molecule has 2 amide bonds. The van der Waals surface area contributed by atoms with Crippen LogP contribution in [0.4, 0.5) is 10.6 Å². The third-order valence-electron chi connectivity index (χ3n) is 4.99. The number of amides is 2. The first-order valence-corrected chi connectivity index (χ1v) is 10.3. The summed E-state index contributed by atoms with van der Waals surface area (Å²) in [4.78, 5) is 32.2. The van der Waals surface area contributed by atoms with Crippen molar-refractivity contribution in [2.75, 3.05) is 38.1 Å². The lowest BCUT2D eigenvalue weighted by molar-refractivity contribution is -0.137. The summed E-state index contributed by atoms with van der Waals surface area (Å²) in [5.74, 6) is 0.192. The molecule has 2 aliphatic rings. The molecule has 0 aromatic carbocycles. The van der Waals surface area contributed by atoms with Crippen molar-refractivity contribution in [1.29, 1.82) is 0 Å². The molecule has 28 heavy (non-hydrogen) atoms. The molecule has 3 heterocycles. The minimum absolute atomic E-state index is 0.125. The number of carbonyl (C=O) groups is 2. The highest BCUT2D eigenvalue weighted by Gasteiger charge is 2.30. The van der Waals surface area contributed by atoms with Gasteiger partial charge in [-0.1, -0.05) is 11.6 Å². The number of esters is 1. The molecule has 2 saturated heterocycles. The number of ether oxygens (including phenoxy) is 1. The van der Waals surface area contributed by atoms with Gasteiger partial charge in [0.15, 0.2) is 0 Å². The number of aromatic nitrogens is 1. The molecular formula is C20H27ClN4O3. The lowest BCUT2D eigenvalue weighted by atomic mass is 10.1. The first kappa shape index (κ1) is 20.5. The van der Waals surface area contributed by atoms with E-state index in [1.807, 2.05) is 9.80 Å². The van der Waals surface area contributed by atoms with Crippen LogP contribution in [0.1, 0.15) is 38.2 Å². The molecule has 0 radical (unpaired) electrons. The van der Waals surface area contributed by atoms with Crippen LogP contribution in [0.5, 0.6) is 0 Å². The molecule has 2 aliphatic heterocycles. The van der Waals surface area contributed by atoms with Crippen LogP contribution in [0.25, 0.3) is 6.08 Å². The molecule has 0 spiro atoms. The zero-order valence-electron chi connectivity index (χ0n) is 16.2. The average Bonchev–Trinajstić information content (AvgIpc) is 3.17. The molecule has 1 aromatic heterocycles. The lowest BCUT2D eigenvalue weighted by Gasteiger charge is -2.31. The van der Waals surface area contributed by atoms with Gasteiger partial charge >= 0.3 is 12.0 Å². The molecule has 2 fully saturated rings. The number of nitrogens with zero attached hydrogens (tertiary/aromatic N) is 3. The first-order valence-electron chi connectivity index (χ1n) is 9.87. The summed E-state index contributed by atoms with van der Waals surface area (Å²) in [5, 5.41) is 3.82. The van der Waals surface area contributed by atoms with Crippen LogP contribution < -0.4 is 5.32 Å². The summed E-state index contributed by atoms with van der Waals surface area (Å²) in [6.45, 7) is 5.21. The van der Waals surface area contributed by atoms with Crippen molar-refractivity contribution in [1.82, 2.24) is 14.8 Å². The maximum atomic E-state index is 12.6. The molecule has 8 heteroatoms. The molecule has 152 valence electrons. The molecule has 1 N–H and O–H groups in total. The highest BCUT2D eigenvalue weighted by molar-refractivity contribution is 6.33. The second kappa shape index (κ2) is 9.78. The Morgan fingerprint density at radius 1 is 1.29 bits per heavy atom. The van der Waals surface area contributed by atoms with E-state index in [1.54, 1.807) is 25.3 Å². The van der Waals surface area contributed by atoms with Crippen LogP contribution in [0.15, 0.2) is 18.3 Å². The fourth-order valence-electron chi connectivity index (χ4n) is 3.54. The fraction of sp³-hybridized carbons (Fsp3) is 0.550. The highest BCUT2D eigenvalue weighted by atomic mass is 35.5. The van der Waals surface area contributed by atoms with Gasteiger partial charge in [-0.3, -0.25) is 0 Å². The topological polar surface area (TPSA) is 74.8 Å². The number of pyridine rings is 1. The lowest BCUT2D eigenvalue weighted by Crippen LogP contribution is -2.45. The van der Waals surface area contributed by atoms with Crippen molar-refractivity contribution in [2.45, 2.75) is 38.6 Å². The Labute approximate surface area is 170 Å². The number of halogens is 1. The van der Waals surface area contributed by atoms with Crippen molar-refractivity contribution in [3.63, 3.8) is 0 Å². The van der Waals surface area contributed by atoms with Gasteiger partial charge in [-0.05, 0) is 50.3 Å². The summed E-state index contributed by atoms with van der Waals surface area (Å²) in [7, 11) is 0. The first-order chi connectivity index (χ1) is 13.6. The SMILES string of the molecule is CCOC(=O)/C=C/c1cnc(N[C@@H]2CCN(C(=O)N3CCCCC3)C2)c(Cl)c1. The van der Waals surface area contributed by atoms with Gasteiger partial charge in [0.05, 0.1) is 11.6 Å². The van der Waals surface area contributed by atoms with Gasteiger partial charge in [0.2, 0.25) is 0 Å². The molecule has 0 unspecified atom stereocenters. The maximum Gasteiger partial charge on any atom is 0.330 e. The summed E-state index contributed by atoms with van der Waals surface area (Å²) in [6.07, 6.45) is 8.89. The van der Waals surface area contributed by atoms with Crippen LogP contribution in [-0.4, -0.2) is 65.6 Å². The Morgan fingerprint density at radius 3 is 2.79 bits per heavy atom. The number of piperidine rings is 1. The largest absolute Gasteiger partial charge is 0.463 e. The number of urea groups is 1. The van der Waals surface area contributed by atoms with E-state index in [2.05, 4.69) is 10.3 Å². The number of anilines is 1. The Kier molecular flexibility index (Phi) is 7.14. The second-order valence-electron chi connectivity index (χ2n) is 7.09. The Bertz CT molecular complexity index is 734. The second-order valence-corrected chi connectivity index (χ2v) is 7.50. The van der Waals surface area contributed by atoms with Gasteiger partial charge in [0.25, 0.3) is 0 Å². The van der Waals surface area contributed by atoms with Gasteiger partial charge < -0.3 is 19.9 Å². The van der Waals surface area contributed by atoms with E-state index in [9.17, 15) is 9.59 Å². The molecule has 0 bridgehead atoms. The van der Waals surface area contributed by atoms with E-state index >= 15 is 0 Å². The molecule has 0 aliphatic carbocycles. The normalized spacial score (nSPS) is 19.9. The predicted octanol–water partition coefficient (Wildman–Crippen LogP) is 3.40. The Morgan fingerprint density at radius 2 is 2.07 bits per heavy atom. The Balaban J connectivity index is 1.54. The predicted molar refractivity (Wildman–Crippen MR) is 109 cm³/mol.